The lowest BCUT2D eigenvalue weighted by atomic mass is 10.2. The van der Waals surface area contributed by atoms with Crippen LogP contribution in [0.5, 0.6) is 5.75 Å². The first-order chi connectivity index (χ1) is 9.83. The van der Waals surface area contributed by atoms with Crippen LogP contribution >= 0.6 is 11.6 Å². The number of H-pyrrole nitrogens is 1. The van der Waals surface area contributed by atoms with Crippen LogP contribution in [0.15, 0.2) is 47.4 Å². The predicted octanol–water partition coefficient (Wildman–Crippen LogP) is 2.80. The van der Waals surface area contributed by atoms with Gasteiger partial charge in [0.05, 0.1) is 5.56 Å². The summed E-state index contributed by atoms with van der Waals surface area (Å²) in [6.45, 7) is 0. The van der Waals surface area contributed by atoms with Crippen molar-refractivity contribution in [1.82, 2.24) is 4.98 Å². The molecule has 1 amide bonds. The number of carbonyl (C=O) groups is 1. The Morgan fingerprint density at radius 2 is 1.86 bits per heavy atom. The van der Waals surface area contributed by atoms with E-state index in [0.717, 1.165) is 0 Å². The van der Waals surface area contributed by atoms with Gasteiger partial charge >= 0.3 is 5.57 Å². The number of aromatic nitrogens is 1. The first kappa shape index (κ1) is 15.0. The quantitative estimate of drug-likeness (QED) is 0.852. The van der Waals surface area contributed by atoms with Gasteiger partial charge in [-0.1, -0.05) is 0 Å². The molecular formula is C13H9ClF2N2O3. The van der Waals surface area contributed by atoms with Crippen molar-refractivity contribution in [2.24, 2.45) is 0 Å². The van der Waals surface area contributed by atoms with Gasteiger partial charge in [0.15, 0.2) is 0 Å². The number of benzene rings is 1. The normalized spacial score (nSPS) is 11.0. The standard InChI is InChI=1S/C13H9ClF2N2O3/c14-13(15,16)21-10-4-2-9(3-5-10)18-12(20)8-1-6-11(19)17-7-8/h1-7H,(H,17,19)(H,18,20). The number of halogens is 3. The van der Waals surface area contributed by atoms with Crippen LogP contribution in [-0.4, -0.2) is 16.5 Å². The highest BCUT2D eigenvalue weighted by Crippen LogP contribution is 2.25. The monoisotopic (exact) mass is 314 g/mol. The van der Waals surface area contributed by atoms with Crippen LogP contribution in [0.3, 0.4) is 0 Å². The highest BCUT2D eigenvalue weighted by molar-refractivity contribution is 6.20. The minimum absolute atomic E-state index is 0.142. The summed E-state index contributed by atoms with van der Waals surface area (Å²) in [7, 11) is 0. The minimum Gasteiger partial charge on any atom is -0.420 e. The topological polar surface area (TPSA) is 71.2 Å². The zero-order chi connectivity index (χ0) is 15.5. The molecule has 0 aliphatic rings. The molecule has 2 rings (SSSR count). The van der Waals surface area contributed by atoms with Crippen LogP contribution in [-0.2, 0) is 0 Å². The van der Waals surface area contributed by atoms with Crippen LogP contribution < -0.4 is 15.6 Å². The Hall–Kier alpha value is -2.41. The number of rotatable bonds is 4. The van der Waals surface area contributed by atoms with Crippen molar-refractivity contribution >= 4 is 23.2 Å². The third-order valence-corrected chi connectivity index (χ3v) is 2.47. The van der Waals surface area contributed by atoms with E-state index in [4.69, 9.17) is 0 Å². The Morgan fingerprint density at radius 1 is 1.19 bits per heavy atom. The summed E-state index contributed by atoms with van der Waals surface area (Å²) in [6.07, 6.45) is 1.27. The van der Waals surface area contributed by atoms with E-state index in [0.29, 0.717) is 5.69 Å². The van der Waals surface area contributed by atoms with Gasteiger partial charge in [-0.2, -0.15) is 0 Å². The number of pyridine rings is 1. The summed E-state index contributed by atoms with van der Waals surface area (Å²) < 4.78 is 29.0. The molecule has 5 nitrogen and oxygen atoms in total. The molecule has 0 fully saturated rings. The van der Waals surface area contributed by atoms with Gasteiger partial charge in [-0.05, 0) is 30.3 Å². The van der Waals surface area contributed by atoms with Gasteiger partial charge in [0.2, 0.25) is 5.56 Å². The first-order valence-electron chi connectivity index (χ1n) is 5.69. The third-order valence-electron chi connectivity index (χ3n) is 2.39. The highest BCUT2D eigenvalue weighted by Gasteiger charge is 2.27. The smallest absolute Gasteiger partial charge is 0.420 e. The summed E-state index contributed by atoms with van der Waals surface area (Å²) in [5.74, 6) is -0.598. The summed E-state index contributed by atoms with van der Waals surface area (Å²) in [6, 6.07) is 7.80. The molecule has 1 aromatic carbocycles. The molecule has 110 valence electrons. The van der Waals surface area contributed by atoms with Crippen LogP contribution in [0, 0.1) is 0 Å². The van der Waals surface area contributed by atoms with E-state index < -0.39 is 11.5 Å². The van der Waals surface area contributed by atoms with Crippen LogP contribution in [0.1, 0.15) is 10.4 Å². The van der Waals surface area contributed by atoms with Gasteiger partial charge in [0.1, 0.15) is 5.75 Å². The number of aromatic amines is 1. The lowest BCUT2D eigenvalue weighted by Gasteiger charge is -2.11. The Labute approximate surface area is 122 Å². The number of alkyl halides is 3. The Kier molecular flexibility index (Phi) is 4.23. The van der Waals surface area contributed by atoms with Gasteiger partial charge in [-0.3, -0.25) is 9.59 Å². The van der Waals surface area contributed by atoms with Crippen molar-refractivity contribution in [3.05, 3.63) is 58.5 Å². The molecule has 0 spiro atoms. The first-order valence-corrected chi connectivity index (χ1v) is 6.07. The Bertz CT molecular complexity index is 675. The molecule has 0 unspecified atom stereocenters. The van der Waals surface area contributed by atoms with E-state index in [-0.39, 0.29) is 16.9 Å². The molecule has 21 heavy (non-hydrogen) atoms. The molecule has 0 bridgehead atoms. The number of nitrogens with one attached hydrogen (secondary N) is 2. The molecule has 2 aromatic rings. The maximum Gasteiger partial charge on any atom is 0.487 e. The van der Waals surface area contributed by atoms with Gasteiger partial charge < -0.3 is 15.0 Å². The second-order valence-corrected chi connectivity index (χ2v) is 4.41. The molecule has 0 atom stereocenters. The summed E-state index contributed by atoms with van der Waals surface area (Å²) >= 11 is 4.63. The summed E-state index contributed by atoms with van der Waals surface area (Å²) in [4.78, 5) is 25.1. The summed E-state index contributed by atoms with van der Waals surface area (Å²) in [5.41, 5.74) is -3.49. The van der Waals surface area contributed by atoms with Crippen molar-refractivity contribution in [3.8, 4) is 5.75 Å². The molecule has 0 aliphatic carbocycles. The fraction of sp³-hybridized carbons (Fsp3) is 0.0769. The zero-order valence-corrected chi connectivity index (χ0v) is 11.2. The van der Waals surface area contributed by atoms with E-state index in [9.17, 15) is 18.4 Å². The average Bonchev–Trinajstić information content (AvgIpc) is 2.40. The van der Waals surface area contributed by atoms with E-state index >= 15 is 0 Å². The lowest BCUT2D eigenvalue weighted by molar-refractivity contribution is -0.0964. The molecule has 0 saturated heterocycles. The molecular weight excluding hydrogens is 306 g/mol. The number of amides is 1. The maximum atomic E-state index is 12.4. The van der Waals surface area contributed by atoms with Crippen molar-refractivity contribution in [1.29, 1.82) is 0 Å². The predicted molar refractivity (Wildman–Crippen MR) is 72.9 cm³/mol. The number of carbonyl (C=O) groups excluding carboxylic acids is 1. The van der Waals surface area contributed by atoms with E-state index in [2.05, 4.69) is 26.6 Å². The highest BCUT2D eigenvalue weighted by atomic mass is 35.5. The van der Waals surface area contributed by atoms with Crippen LogP contribution in [0.4, 0.5) is 14.5 Å². The molecule has 2 N–H and O–H groups in total. The van der Waals surface area contributed by atoms with Crippen molar-refractivity contribution in [2.75, 3.05) is 5.32 Å². The number of ether oxygens (including phenoxy) is 1. The summed E-state index contributed by atoms with van der Waals surface area (Å²) in [5, 5.41) is 2.53. The van der Waals surface area contributed by atoms with E-state index in [1.807, 2.05) is 0 Å². The van der Waals surface area contributed by atoms with Crippen molar-refractivity contribution < 1.29 is 18.3 Å². The Morgan fingerprint density at radius 3 is 2.38 bits per heavy atom. The second kappa shape index (κ2) is 5.92. The minimum atomic E-state index is -3.79. The number of hydrogen-bond acceptors (Lipinski definition) is 3. The van der Waals surface area contributed by atoms with Gasteiger partial charge in [0, 0.05) is 29.6 Å². The zero-order valence-electron chi connectivity index (χ0n) is 10.4. The molecule has 0 aliphatic heterocycles. The van der Waals surface area contributed by atoms with Crippen molar-refractivity contribution in [2.45, 2.75) is 5.57 Å². The van der Waals surface area contributed by atoms with E-state index in [1.165, 1.54) is 42.6 Å². The van der Waals surface area contributed by atoms with Crippen LogP contribution in [0.25, 0.3) is 0 Å². The van der Waals surface area contributed by atoms with Gasteiger partial charge in [-0.15, -0.1) is 8.78 Å². The second-order valence-electron chi connectivity index (χ2n) is 3.97. The van der Waals surface area contributed by atoms with Crippen molar-refractivity contribution in [3.63, 3.8) is 0 Å². The average molecular weight is 315 g/mol. The fourth-order valence-electron chi connectivity index (χ4n) is 1.50. The fourth-order valence-corrected chi connectivity index (χ4v) is 1.58. The largest absolute Gasteiger partial charge is 0.487 e. The maximum absolute atomic E-state index is 12.4. The third kappa shape index (κ3) is 4.57. The SMILES string of the molecule is O=C(Nc1ccc(OC(F)(F)Cl)cc1)c1ccc(=O)[nH]c1. The number of anilines is 1. The molecule has 8 heteroatoms. The molecule has 1 aromatic heterocycles. The molecule has 0 radical (unpaired) electrons. The van der Waals surface area contributed by atoms with Crippen LogP contribution in [0.2, 0.25) is 0 Å². The molecule has 1 heterocycles. The van der Waals surface area contributed by atoms with Gasteiger partial charge in [0.25, 0.3) is 5.91 Å². The number of hydrogen-bond donors (Lipinski definition) is 2. The lowest BCUT2D eigenvalue weighted by Crippen LogP contribution is -2.16. The van der Waals surface area contributed by atoms with Gasteiger partial charge in [-0.25, -0.2) is 0 Å². The van der Waals surface area contributed by atoms with E-state index in [1.54, 1.807) is 0 Å². The Balaban J connectivity index is 2.04. The molecule has 0 saturated carbocycles.